The molecule has 3 aliphatic carbocycles. The van der Waals surface area contributed by atoms with Crippen LogP contribution < -0.4 is 5.73 Å². The van der Waals surface area contributed by atoms with Gasteiger partial charge in [-0.1, -0.05) is 12.1 Å². The zero-order chi connectivity index (χ0) is 7.87. The van der Waals surface area contributed by atoms with E-state index < -0.39 is 0 Å². The minimum atomic E-state index is 0.858. The van der Waals surface area contributed by atoms with Gasteiger partial charge in [-0.25, -0.2) is 0 Å². The third-order valence-corrected chi connectivity index (χ3v) is 4.12. The lowest BCUT2D eigenvalue weighted by atomic mass is 9.78. The predicted molar refractivity (Wildman–Crippen MR) is 47.9 cm³/mol. The lowest BCUT2D eigenvalue weighted by molar-refractivity contribution is 0.389. The summed E-state index contributed by atoms with van der Waals surface area (Å²) in [5.74, 6) is 3.86. The van der Waals surface area contributed by atoms with Crippen LogP contribution in [0.2, 0.25) is 0 Å². The number of hydrogen-bond acceptors (Lipinski definition) is 1. The smallest absolute Gasteiger partial charge is 0.0352 e. The van der Waals surface area contributed by atoms with Gasteiger partial charge in [0.1, 0.15) is 0 Å². The minimum Gasteiger partial charge on any atom is -0.398 e. The standard InChI is InChI=1S/C11H11N/c12-8-3-1-2-5-9(8)6-4-7-10(5)11(6)7/h1-3,6-7,10-11H,4,12H2. The van der Waals surface area contributed by atoms with Crippen LogP contribution in [0.5, 0.6) is 0 Å². The Hall–Kier alpha value is -0.980. The van der Waals surface area contributed by atoms with Crippen LogP contribution in [0.3, 0.4) is 0 Å². The van der Waals surface area contributed by atoms with Gasteiger partial charge in [0.25, 0.3) is 0 Å². The van der Waals surface area contributed by atoms with Gasteiger partial charge >= 0.3 is 0 Å². The molecule has 12 heavy (non-hydrogen) atoms. The van der Waals surface area contributed by atoms with Gasteiger partial charge in [-0.15, -0.1) is 0 Å². The second kappa shape index (κ2) is 1.41. The average Bonchev–Trinajstić information content (AvgIpc) is 2.52. The van der Waals surface area contributed by atoms with Crippen molar-refractivity contribution in [2.75, 3.05) is 5.73 Å². The summed E-state index contributed by atoms with van der Waals surface area (Å²) in [5, 5.41) is 0. The number of hydrogen-bond donors (Lipinski definition) is 1. The van der Waals surface area contributed by atoms with E-state index in [1.807, 2.05) is 0 Å². The first kappa shape index (κ1) is 5.63. The maximum atomic E-state index is 5.97. The summed E-state index contributed by atoms with van der Waals surface area (Å²) in [6.45, 7) is 0. The van der Waals surface area contributed by atoms with Crippen LogP contribution in [0.25, 0.3) is 0 Å². The number of benzene rings is 1. The molecule has 0 heterocycles. The molecule has 0 spiro atoms. The molecule has 2 saturated carbocycles. The van der Waals surface area contributed by atoms with Gasteiger partial charge in [0.2, 0.25) is 0 Å². The van der Waals surface area contributed by atoms with Gasteiger partial charge in [-0.05, 0) is 47.3 Å². The predicted octanol–water partition coefficient (Wildman–Crippen LogP) is 2.10. The second-order valence-corrected chi connectivity index (χ2v) is 4.46. The Labute approximate surface area is 71.6 Å². The Kier molecular flexibility index (Phi) is 0.663. The monoisotopic (exact) mass is 157 g/mol. The van der Waals surface area contributed by atoms with Gasteiger partial charge in [0, 0.05) is 5.69 Å². The number of nitrogens with two attached hydrogens (primary N) is 1. The molecule has 0 amide bonds. The van der Waals surface area contributed by atoms with Crippen LogP contribution in [0.4, 0.5) is 5.69 Å². The van der Waals surface area contributed by atoms with Crippen molar-refractivity contribution >= 4 is 5.69 Å². The molecule has 0 aromatic heterocycles. The number of rotatable bonds is 0. The van der Waals surface area contributed by atoms with Crippen molar-refractivity contribution in [2.45, 2.75) is 18.3 Å². The van der Waals surface area contributed by atoms with Crippen molar-refractivity contribution in [3.63, 3.8) is 0 Å². The molecule has 1 heteroatoms. The summed E-state index contributed by atoms with van der Waals surface area (Å²) in [4.78, 5) is 0. The maximum absolute atomic E-state index is 5.97. The molecule has 0 radical (unpaired) electrons. The molecule has 2 N–H and O–H groups in total. The van der Waals surface area contributed by atoms with E-state index in [0.717, 1.165) is 29.4 Å². The molecule has 1 aromatic carbocycles. The topological polar surface area (TPSA) is 26.0 Å². The number of anilines is 1. The van der Waals surface area contributed by atoms with E-state index >= 15 is 0 Å². The highest BCUT2D eigenvalue weighted by molar-refractivity contribution is 5.63. The summed E-state index contributed by atoms with van der Waals surface area (Å²) in [7, 11) is 0. The summed E-state index contributed by atoms with van der Waals surface area (Å²) in [6.07, 6.45) is 1.43. The van der Waals surface area contributed by atoms with Gasteiger partial charge in [0.15, 0.2) is 0 Å². The normalized spacial score (nSPS) is 44.7. The highest BCUT2D eigenvalue weighted by Crippen LogP contribution is 2.79. The fraction of sp³-hybridized carbons (Fsp3) is 0.455. The van der Waals surface area contributed by atoms with Crippen molar-refractivity contribution in [1.82, 2.24) is 0 Å². The first-order chi connectivity index (χ1) is 5.88. The summed E-state index contributed by atoms with van der Waals surface area (Å²) in [5.41, 5.74) is 10.1. The minimum absolute atomic E-state index is 0.858. The molecule has 2 fully saturated rings. The Balaban J connectivity index is 2.06. The van der Waals surface area contributed by atoms with Crippen LogP contribution in [0, 0.1) is 11.8 Å². The van der Waals surface area contributed by atoms with Crippen molar-refractivity contribution in [3.05, 3.63) is 29.3 Å². The first-order valence-electron chi connectivity index (χ1n) is 4.76. The Morgan fingerprint density at radius 3 is 3.08 bits per heavy atom. The van der Waals surface area contributed by atoms with Gasteiger partial charge in [-0.3, -0.25) is 0 Å². The van der Waals surface area contributed by atoms with E-state index in [1.165, 1.54) is 12.0 Å². The average molecular weight is 157 g/mol. The van der Waals surface area contributed by atoms with Crippen molar-refractivity contribution in [2.24, 2.45) is 11.8 Å². The van der Waals surface area contributed by atoms with E-state index in [0.29, 0.717) is 0 Å². The largest absolute Gasteiger partial charge is 0.398 e. The molecule has 1 nitrogen and oxygen atoms in total. The molecule has 4 rings (SSSR count). The van der Waals surface area contributed by atoms with Gasteiger partial charge in [0.05, 0.1) is 0 Å². The lowest BCUT2D eigenvalue weighted by Crippen LogP contribution is -2.16. The van der Waals surface area contributed by atoms with Crippen LogP contribution >= 0.6 is 0 Å². The molecule has 4 unspecified atom stereocenters. The van der Waals surface area contributed by atoms with Gasteiger partial charge in [-0.2, -0.15) is 0 Å². The third kappa shape index (κ3) is 0.381. The molecule has 60 valence electrons. The van der Waals surface area contributed by atoms with Crippen molar-refractivity contribution in [3.8, 4) is 0 Å². The quantitative estimate of drug-likeness (QED) is 0.573. The molecule has 0 saturated heterocycles. The summed E-state index contributed by atoms with van der Waals surface area (Å²) < 4.78 is 0. The van der Waals surface area contributed by atoms with E-state index in [4.69, 9.17) is 5.73 Å². The molecule has 1 aromatic rings. The fourth-order valence-electron chi connectivity index (χ4n) is 3.58. The molecular weight excluding hydrogens is 146 g/mol. The van der Waals surface area contributed by atoms with Crippen LogP contribution in [0.1, 0.15) is 29.4 Å². The highest BCUT2D eigenvalue weighted by Gasteiger charge is 2.68. The fourth-order valence-corrected chi connectivity index (χ4v) is 3.58. The second-order valence-electron chi connectivity index (χ2n) is 4.46. The third-order valence-electron chi connectivity index (χ3n) is 4.12. The zero-order valence-corrected chi connectivity index (χ0v) is 6.83. The summed E-state index contributed by atoms with van der Waals surface area (Å²) >= 11 is 0. The van der Waals surface area contributed by atoms with Crippen molar-refractivity contribution in [1.29, 1.82) is 0 Å². The van der Waals surface area contributed by atoms with Crippen LogP contribution in [-0.2, 0) is 0 Å². The first-order valence-corrected chi connectivity index (χ1v) is 4.76. The highest BCUT2D eigenvalue weighted by atomic mass is 14.7. The Morgan fingerprint density at radius 2 is 2.25 bits per heavy atom. The number of nitrogen functional groups attached to an aromatic ring is 1. The lowest BCUT2D eigenvalue weighted by Gasteiger charge is -2.27. The SMILES string of the molecule is Nc1cccc2c1C1CC3C2C13. The molecule has 0 aliphatic heterocycles. The van der Waals surface area contributed by atoms with E-state index in [-0.39, 0.29) is 0 Å². The molecule has 4 atom stereocenters. The summed E-state index contributed by atoms with van der Waals surface area (Å²) in [6, 6.07) is 6.44. The molecule has 3 aliphatic rings. The maximum Gasteiger partial charge on any atom is 0.0352 e. The zero-order valence-electron chi connectivity index (χ0n) is 6.83. The molecule has 0 bridgehead atoms. The Morgan fingerprint density at radius 1 is 1.33 bits per heavy atom. The van der Waals surface area contributed by atoms with Crippen LogP contribution in [0.15, 0.2) is 18.2 Å². The van der Waals surface area contributed by atoms with E-state index in [2.05, 4.69) is 18.2 Å². The van der Waals surface area contributed by atoms with E-state index in [1.54, 1.807) is 5.56 Å². The van der Waals surface area contributed by atoms with Crippen molar-refractivity contribution < 1.29 is 0 Å². The van der Waals surface area contributed by atoms with E-state index in [9.17, 15) is 0 Å². The molecular formula is C11H11N. The van der Waals surface area contributed by atoms with Gasteiger partial charge < -0.3 is 5.73 Å². The Bertz CT molecular complexity index is 383. The van der Waals surface area contributed by atoms with Crippen LogP contribution in [-0.4, -0.2) is 0 Å². The number of fused-ring (bicyclic) bond motifs is 4.